The number of ether oxygens (including phenoxy) is 1. The number of hydrogen-bond acceptors (Lipinski definition) is 5. The number of carbonyl (C=O) groups is 1. The van der Waals surface area contributed by atoms with Crippen molar-refractivity contribution in [2.45, 2.75) is 25.3 Å². The number of piperidine rings is 1. The molecule has 0 spiro atoms. The van der Waals surface area contributed by atoms with Gasteiger partial charge in [0.2, 0.25) is 0 Å². The number of likely N-dealkylation sites (tertiary alicyclic amines) is 1. The summed E-state index contributed by atoms with van der Waals surface area (Å²) in [5.74, 6) is 0.270. The first-order chi connectivity index (χ1) is 15.1. The molecule has 3 heterocycles. The third kappa shape index (κ3) is 5.53. The molecule has 4 rings (SSSR count). The normalized spacial score (nSPS) is 18.6. The highest BCUT2D eigenvalue weighted by molar-refractivity contribution is 6.33. The minimum absolute atomic E-state index is 0.0156. The largest absolute Gasteiger partial charge is 0.379 e. The number of carbonyl (C=O) groups excluding carboxylic acids is 1. The Hall–Kier alpha value is -2.22. The summed E-state index contributed by atoms with van der Waals surface area (Å²) in [6.45, 7) is 5.07. The number of anilines is 1. The minimum Gasteiger partial charge on any atom is -0.379 e. The van der Waals surface area contributed by atoms with E-state index < -0.39 is 0 Å². The molecule has 1 unspecified atom stereocenters. The predicted octanol–water partition coefficient (Wildman–Crippen LogP) is 3.99. The second kappa shape index (κ2) is 10.4. The zero-order valence-corrected chi connectivity index (χ0v) is 18.3. The van der Waals surface area contributed by atoms with Crippen LogP contribution < -0.4 is 5.32 Å². The van der Waals surface area contributed by atoms with E-state index >= 15 is 0 Å². The summed E-state index contributed by atoms with van der Waals surface area (Å²) in [5, 5.41) is 3.74. The number of morpholine rings is 1. The van der Waals surface area contributed by atoms with Crippen LogP contribution in [0.5, 0.6) is 0 Å². The van der Waals surface area contributed by atoms with Crippen LogP contribution in [0.15, 0.2) is 36.5 Å². The molecule has 1 aromatic heterocycles. The zero-order valence-electron chi connectivity index (χ0n) is 17.5. The lowest BCUT2D eigenvalue weighted by Crippen LogP contribution is -2.41. The van der Waals surface area contributed by atoms with E-state index in [0.717, 1.165) is 44.6 Å². The number of benzene rings is 1. The lowest BCUT2D eigenvalue weighted by molar-refractivity contribution is 0.0187. The molecule has 166 valence electrons. The molecule has 2 aromatic rings. The first-order valence-electron chi connectivity index (χ1n) is 10.9. The molecular weight excluding hydrogens is 419 g/mol. The summed E-state index contributed by atoms with van der Waals surface area (Å²) >= 11 is 6.47. The number of rotatable bonds is 6. The molecule has 31 heavy (non-hydrogen) atoms. The highest BCUT2D eigenvalue weighted by Gasteiger charge is 2.24. The molecule has 1 amide bonds. The first-order valence-corrected chi connectivity index (χ1v) is 11.3. The first kappa shape index (κ1) is 22.0. The maximum atomic E-state index is 13.4. The molecule has 1 atom stereocenters. The Kier molecular flexibility index (Phi) is 7.37. The summed E-state index contributed by atoms with van der Waals surface area (Å²) in [6.07, 6.45) is 4.84. The van der Waals surface area contributed by atoms with Crippen LogP contribution in [0.25, 0.3) is 0 Å². The van der Waals surface area contributed by atoms with Crippen molar-refractivity contribution in [3.05, 3.63) is 58.5 Å². The lowest BCUT2D eigenvalue weighted by Gasteiger charge is -2.35. The number of hydrogen-bond donors (Lipinski definition) is 1. The fraction of sp³-hybridized carbons (Fsp3) is 0.478. The molecule has 2 aliphatic heterocycles. The Morgan fingerprint density at radius 3 is 2.52 bits per heavy atom. The quantitative estimate of drug-likeness (QED) is 0.727. The molecule has 0 radical (unpaired) electrons. The van der Waals surface area contributed by atoms with Gasteiger partial charge in [0.15, 0.2) is 0 Å². The van der Waals surface area contributed by atoms with Gasteiger partial charge in [-0.1, -0.05) is 23.7 Å². The summed E-state index contributed by atoms with van der Waals surface area (Å²) in [5.41, 5.74) is 1.53. The van der Waals surface area contributed by atoms with Crippen molar-refractivity contribution in [1.29, 1.82) is 0 Å². The molecule has 0 saturated carbocycles. The van der Waals surface area contributed by atoms with Gasteiger partial charge in [-0.2, -0.15) is 0 Å². The molecular formula is C23H28ClFN4O2. The number of aromatic nitrogens is 1. The number of amides is 1. The van der Waals surface area contributed by atoms with E-state index in [-0.39, 0.29) is 17.8 Å². The van der Waals surface area contributed by atoms with Crippen LogP contribution in [-0.2, 0) is 4.74 Å². The standard InChI is InChI=1S/C23H28ClFN4O2/c24-20-14-18(23(30)29-8-2-1-3-9-29)15-26-22(20)27-16-21(28-10-12-31-13-11-28)17-4-6-19(25)7-5-17/h4-7,14-15,21H,1-3,8-13,16H2,(H,26,27). The third-order valence-electron chi connectivity index (χ3n) is 5.94. The average Bonchev–Trinajstić information content (AvgIpc) is 2.82. The zero-order chi connectivity index (χ0) is 21.6. The van der Waals surface area contributed by atoms with Gasteiger partial charge in [0.1, 0.15) is 11.6 Å². The van der Waals surface area contributed by atoms with Crippen LogP contribution in [0.3, 0.4) is 0 Å². The van der Waals surface area contributed by atoms with Crippen molar-refractivity contribution in [2.75, 3.05) is 51.3 Å². The number of nitrogens with one attached hydrogen (secondary N) is 1. The molecule has 2 fully saturated rings. The Labute approximate surface area is 187 Å². The van der Waals surface area contributed by atoms with Crippen LogP contribution in [0.4, 0.5) is 10.2 Å². The van der Waals surface area contributed by atoms with Crippen LogP contribution in [0.1, 0.15) is 41.2 Å². The Morgan fingerprint density at radius 2 is 1.84 bits per heavy atom. The van der Waals surface area contributed by atoms with Crippen molar-refractivity contribution in [1.82, 2.24) is 14.8 Å². The Bertz CT molecular complexity index is 884. The Balaban J connectivity index is 1.46. The molecule has 8 heteroatoms. The van der Waals surface area contributed by atoms with Gasteiger partial charge in [-0.05, 0) is 43.0 Å². The number of pyridine rings is 1. The topological polar surface area (TPSA) is 57.7 Å². The van der Waals surface area contributed by atoms with Crippen molar-refractivity contribution in [3.8, 4) is 0 Å². The van der Waals surface area contributed by atoms with E-state index in [9.17, 15) is 9.18 Å². The summed E-state index contributed by atoms with van der Waals surface area (Å²) in [7, 11) is 0. The van der Waals surface area contributed by atoms with E-state index in [1.165, 1.54) is 18.6 Å². The van der Waals surface area contributed by atoms with Crippen LogP contribution in [0.2, 0.25) is 5.02 Å². The number of halogens is 2. The van der Waals surface area contributed by atoms with Crippen LogP contribution >= 0.6 is 11.6 Å². The molecule has 2 aliphatic rings. The van der Waals surface area contributed by atoms with E-state index in [0.29, 0.717) is 36.2 Å². The molecule has 0 bridgehead atoms. The third-order valence-corrected chi connectivity index (χ3v) is 6.22. The number of nitrogens with zero attached hydrogens (tertiary/aromatic N) is 3. The average molecular weight is 447 g/mol. The Morgan fingerprint density at radius 1 is 1.13 bits per heavy atom. The van der Waals surface area contributed by atoms with Gasteiger partial charge >= 0.3 is 0 Å². The van der Waals surface area contributed by atoms with E-state index in [1.807, 2.05) is 17.0 Å². The van der Waals surface area contributed by atoms with E-state index in [2.05, 4.69) is 15.2 Å². The van der Waals surface area contributed by atoms with Gasteiger partial charge in [0, 0.05) is 38.9 Å². The maximum absolute atomic E-state index is 13.4. The van der Waals surface area contributed by atoms with Crippen LogP contribution in [-0.4, -0.2) is 66.6 Å². The molecule has 1 aromatic carbocycles. The van der Waals surface area contributed by atoms with Crippen molar-refractivity contribution in [2.24, 2.45) is 0 Å². The van der Waals surface area contributed by atoms with Crippen molar-refractivity contribution < 1.29 is 13.9 Å². The van der Waals surface area contributed by atoms with E-state index in [4.69, 9.17) is 16.3 Å². The van der Waals surface area contributed by atoms with Gasteiger partial charge < -0.3 is 15.0 Å². The second-order valence-corrected chi connectivity index (χ2v) is 8.41. The maximum Gasteiger partial charge on any atom is 0.255 e. The summed E-state index contributed by atoms with van der Waals surface area (Å²) in [4.78, 5) is 21.3. The van der Waals surface area contributed by atoms with Gasteiger partial charge in [-0.3, -0.25) is 9.69 Å². The summed E-state index contributed by atoms with van der Waals surface area (Å²) < 4.78 is 18.9. The SMILES string of the molecule is O=C(c1cnc(NCC(c2ccc(F)cc2)N2CCOCC2)c(Cl)c1)N1CCCCC1. The fourth-order valence-electron chi connectivity index (χ4n) is 4.19. The molecule has 1 N–H and O–H groups in total. The summed E-state index contributed by atoms with van der Waals surface area (Å²) in [6, 6.07) is 8.30. The molecule has 2 saturated heterocycles. The van der Waals surface area contributed by atoms with Gasteiger partial charge in [-0.15, -0.1) is 0 Å². The van der Waals surface area contributed by atoms with Crippen molar-refractivity contribution in [3.63, 3.8) is 0 Å². The van der Waals surface area contributed by atoms with Gasteiger partial charge in [0.05, 0.1) is 29.8 Å². The molecule has 6 nitrogen and oxygen atoms in total. The predicted molar refractivity (Wildman–Crippen MR) is 119 cm³/mol. The highest BCUT2D eigenvalue weighted by Crippen LogP contribution is 2.26. The van der Waals surface area contributed by atoms with Gasteiger partial charge in [-0.25, -0.2) is 9.37 Å². The lowest BCUT2D eigenvalue weighted by atomic mass is 10.0. The highest BCUT2D eigenvalue weighted by atomic mass is 35.5. The smallest absolute Gasteiger partial charge is 0.255 e. The van der Waals surface area contributed by atoms with Gasteiger partial charge in [0.25, 0.3) is 5.91 Å². The fourth-order valence-corrected chi connectivity index (χ4v) is 4.42. The second-order valence-electron chi connectivity index (χ2n) is 8.00. The van der Waals surface area contributed by atoms with Crippen LogP contribution in [0, 0.1) is 5.82 Å². The minimum atomic E-state index is -0.254. The van der Waals surface area contributed by atoms with Crippen molar-refractivity contribution >= 4 is 23.3 Å². The monoisotopic (exact) mass is 446 g/mol. The molecule has 0 aliphatic carbocycles. The van der Waals surface area contributed by atoms with E-state index in [1.54, 1.807) is 12.3 Å².